The number of hydrogen-bond acceptors (Lipinski definition) is 4. The van der Waals surface area contributed by atoms with Crippen molar-refractivity contribution in [1.29, 1.82) is 0 Å². The van der Waals surface area contributed by atoms with Gasteiger partial charge < -0.3 is 19.5 Å². The van der Waals surface area contributed by atoms with Crippen molar-refractivity contribution in [2.75, 3.05) is 24.5 Å². The molecule has 2 amide bonds. The molecule has 1 saturated heterocycles. The number of anilines is 1. The van der Waals surface area contributed by atoms with Crippen LogP contribution in [0.25, 0.3) is 0 Å². The third-order valence-corrected chi connectivity index (χ3v) is 6.12. The lowest BCUT2D eigenvalue weighted by molar-refractivity contribution is -0.121. The van der Waals surface area contributed by atoms with E-state index >= 15 is 0 Å². The first-order chi connectivity index (χ1) is 14.1. The van der Waals surface area contributed by atoms with Crippen LogP contribution < -0.4 is 10.2 Å². The highest BCUT2D eigenvalue weighted by Crippen LogP contribution is 2.30. The average molecular weight is 396 g/mol. The SMILES string of the molecule is CC1CCc2ccccc2N1CCC(=O)NC1CCN(C(=O)c2ccco2)CC1. The molecule has 0 bridgehead atoms. The lowest BCUT2D eigenvalue weighted by atomic mass is 9.96. The Morgan fingerprint density at radius 3 is 2.66 bits per heavy atom. The Labute approximate surface area is 171 Å². The summed E-state index contributed by atoms with van der Waals surface area (Å²) < 4.78 is 5.20. The number of hydrogen-bond donors (Lipinski definition) is 1. The van der Waals surface area contributed by atoms with E-state index in [1.165, 1.54) is 17.5 Å². The second-order valence-corrected chi connectivity index (χ2v) is 8.07. The van der Waals surface area contributed by atoms with E-state index in [0.717, 1.165) is 32.2 Å². The first-order valence-corrected chi connectivity index (χ1v) is 10.6. The molecule has 6 nitrogen and oxygen atoms in total. The highest BCUT2D eigenvalue weighted by molar-refractivity contribution is 5.91. The number of nitrogens with zero attached hydrogens (tertiary/aromatic N) is 2. The van der Waals surface area contributed by atoms with Gasteiger partial charge in [-0.25, -0.2) is 0 Å². The first-order valence-electron chi connectivity index (χ1n) is 10.6. The normalized spacial score (nSPS) is 19.7. The van der Waals surface area contributed by atoms with Crippen molar-refractivity contribution in [1.82, 2.24) is 10.2 Å². The van der Waals surface area contributed by atoms with Crippen LogP contribution >= 0.6 is 0 Å². The highest BCUT2D eigenvalue weighted by Gasteiger charge is 2.27. The third kappa shape index (κ3) is 4.47. The predicted octanol–water partition coefficient (Wildman–Crippen LogP) is 3.23. The van der Waals surface area contributed by atoms with Gasteiger partial charge in [-0.15, -0.1) is 0 Å². The number of carbonyl (C=O) groups excluding carboxylic acids is 2. The lowest BCUT2D eigenvalue weighted by Gasteiger charge is -2.37. The van der Waals surface area contributed by atoms with Crippen LogP contribution in [0.1, 0.15) is 48.7 Å². The molecule has 2 aliphatic rings. The van der Waals surface area contributed by atoms with E-state index in [1.54, 1.807) is 17.0 Å². The number of nitrogens with one attached hydrogen (secondary N) is 1. The maximum Gasteiger partial charge on any atom is 0.289 e. The van der Waals surface area contributed by atoms with Crippen molar-refractivity contribution in [3.63, 3.8) is 0 Å². The number of carbonyl (C=O) groups is 2. The number of likely N-dealkylation sites (tertiary alicyclic amines) is 1. The standard InChI is InChI=1S/C23H29N3O3/c1-17-8-9-18-5-2-3-6-20(18)26(17)15-12-22(27)24-19-10-13-25(14-11-19)23(28)21-7-4-16-29-21/h2-7,16-17,19H,8-15H2,1H3,(H,24,27). The molecule has 1 fully saturated rings. The summed E-state index contributed by atoms with van der Waals surface area (Å²) in [5.74, 6) is 0.400. The molecule has 1 N–H and O–H groups in total. The van der Waals surface area contributed by atoms with Gasteiger partial charge in [0.25, 0.3) is 5.91 Å². The Balaban J connectivity index is 1.24. The third-order valence-electron chi connectivity index (χ3n) is 6.12. The van der Waals surface area contributed by atoms with E-state index in [-0.39, 0.29) is 17.9 Å². The Morgan fingerprint density at radius 2 is 1.90 bits per heavy atom. The van der Waals surface area contributed by atoms with Gasteiger partial charge in [-0.05, 0) is 56.4 Å². The number of piperidine rings is 1. The smallest absolute Gasteiger partial charge is 0.289 e. The van der Waals surface area contributed by atoms with E-state index in [0.29, 0.717) is 31.3 Å². The van der Waals surface area contributed by atoms with Gasteiger partial charge in [-0.3, -0.25) is 9.59 Å². The molecule has 1 atom stereocenters. The lowest BCUT2D eigenvalue weighted by Crippen LogP contribution is -2.47. The molecule has 0 radical (unpaired) electrons. The van der Waals surface area contributed by atoms with Gasteiger partial charge in [-0.1, -0.05) is 18.2 Å². The van der Waals surface area contributed by atoms with Crippen LogP contribution in [0, 0.1) is 0 Å². The topological polar surface area (TPSA) is 65.8 Å². The van der Waals surface area contributed by atoms with Crippen molar-refractivity contribution in [3.05, 3.63) is 54.0 Å². The van der Waals surface area contributed by atoms with Crippen molar-refractivity contribution in [3.8, 4) is 0 Å². The van der Waals surface area contributed by atoms with Gasteiger partial charge >= 0.3 is 0 Å². The zero-order chi connectivity index (χ0) is 20.2. The van der Waals surface area contributed by atoms with Gasteiger partial charge in [-0.2, -0.15) is 0 Å². The second kappa shape index (κ2) is 8.72. The van der Waals surface area contributed by atoms with E-state index in [9.17, 15) is 9.59 Å². The number of amides is 2. The molecule has 154 valence electrons. The molecule has 1 aromatic heterocycles. The molecule has 2 aliphatic heterocycles. The zero-order valence-corrected chi connectivity index (χ0v) is 17.0. The molecule has 0 saturated carbocycles. The van der Waals surface area contributed by atoms with Crippen molar-refractivity contribution in [2.45, 2.75) is 51.1 Å². The number of furan rings is 1. The van der Waals surface area contributed by atoms with E-state index < -0.39 is 0 Å². The number of benzene rings is 1. The maximum absolute atomic E-state index is 12.5. The van der Waals surface area contributed by atoms with Crippen molar-refractivity contribution >= 4 is 17.5 Å². The molecule has 0 spiro atoms. The number of para-hydroxylation sites is 1. The van der Waals surface area contributed by atoms with Crippen LogP contribution in [0.4, 0.5) is 5.69 Å². The molecule has 1 aromatic carbocycles. The first kappa shape index (κ1) is 19.6. The van der Waals surface area contributed by atoms with Crippen LogP contribution in [0.2, 0.25) is 0 Å². The number of rotatable bonds is 5. The van der Waals surface area contributed by atoms with E-state index in [1.807, 2.05) is 0 Å². The molecule has 3 heterocycles. The molecule has 4 rings (SSSR count). The Kier molecular flexibility index (Phi) is 5.88. The largest absolute Gasteiger partial charge is 0.459 e. The quantitative estimate of drug-likeness (QED) is 0.844. The highest BCUT2D eigenvalue weighted by atomic mass is 16.3. The molecule has 6 heteroatoms. The Hall–Kier alpha value is -2.76. The second-order valence-electron chi connectivity index (χ2n) is 8.07. The summed E-state index contributed by atoms with van der Waals surface area (Å²) >= 11 is 0. The van der Waals surface area contributed by atoms with Gasteiger partial charge in [0, 0.05) is 43.8 Å². The van der Waals surface area contributed by atoms with Gasteiger partial charge in [0.2, 0.25) is 5.91 Å². The van der Waals surface area contributed by atoms with Crippen LogP contribution in [0.5, 0.6) is 0 Å². The van der Waals surface area contributed by atoms with Crippen molar-refractivity contribution < 1.29 is 14.0 Å². The van der Waals surface area contributed by atoms with Gasteiger partial charge in [0.05, 0.1) is 6.26 Å². The number of fused-ring (bicyclic) bond motifs is 1. The van der Waals surface area contributed by atoms with Crippen LogP contribution in [0.3, 0.4) is 0 Å². The predicted molar refractivity (Wildman–Crippen MR) is 112 cm³/mol. The minimum atomic E-state index is -0.0717. The summed E-state index contributed by atoms with van der Waals surface area (Å²) in [6.45, 7) is 4.25. The summed E-state index contributed by atoms with van der Waals surface area (Å²) in [7, 11) is 0. The van der Waals surface area contributed by atoms with E-state index in [4.69, 9.17) is 4.42 Å². The minimum Gasteiger partial charge on any atom is -0.459 e. The summed E-state index contributed by atoms with van der Waals surface area (Å²) in [4.78, 5) is 29.0. The summed E-state index contributed by atoms with van der Waals surface area (Å²) in [5, 5.41) is 3.16. The summed E-state index contributed by atoms with van der Waals surface area (Å²) in [6.07, 6.45) is 5.80. The van der Waals surface area contributed by atoms with Crippen molar-refractivity contribution in [2.24, 2.45) is 0 Å². The van der Waals surface area contributed by atoms with Gasteiger partial charge in [0.15, 0.2) is 5.76 Å². The molecular formula is C23H29N3O3. The molecule has 0 aliphatic carbocycles. The molecule has 29 heavy (non-hydrogen) atoms. The fraction of sp³-hybridized carbons (Fsp3) is 0.478. The Bertz CT molecular complexity index is 841. The summed E-state index contributed by atoms with van der Waals surface area (Å²) in [6, 6.07) is 12.5. The van der Waals surface area contributed by atoms with Gasteiger partial charge in [0.1, 0.15) is 0 Å². The van der Waals surface area contributed by atoms with Crippen LogP contribution in [-0.2, 0) is 11.2 Å². The summed E-state index contributed by atoms with van der Waals surface area (Å²) in [5.41, 5.74) is 2.64. The Morgan fingerprint density at radius 1 is 1.10 bits per heavy atom. The number of aryl methyl sites for hydroxylation is 1. The zero-order valence-electron chi connectivity index (χ0n) is 17.0. The molecule has 1 unspecified atom stereocenters. The fourth-order valence-corrected chi connectivity index (χ4v) is 4.41. The van der Waals surface area contributed by atoms with E-state index in [2.05, 4.69) is 41.4 Å². The monoisotopic (exact) mass is 395 g/mol. The van der Waals surface area contributed by atoms with Crippen LogP contribution in [-0.4, -0.2) is 48.4 Å². The molecular weight excluding hydrogens is 366 g/mol. The minimum absolute atomic E-state index is 0.0717. The average Bonchev–Trinajstić information content (AvgIpc) is 3.28. The maximum atomic E-state index is 12.5. The van der Waals surface area contributed by atoms with Crippen LogP contribution in [0.15, 0.2) is 47.1 Å². The molecule has 2 aromatic rings. The fourth-order valence-electron chi connectivity index (χ4n) is 4.41.